The summed E-state index contributed by atoms with van der Waals surface area (Å²) in [5.41, 5.74) is 4.66. The number of aliphatic carboxylic acids is 1. The van der Waals surface area contributed by atoms with Crippen molar-refractivity contribution in [3.8, 4) is 22.6 Å². The number of carbonyl (C=O) groups is 1. The van der Waals surface area contributed by atoms with Crippen LogP contribution in [-0.2, 0) is 11.4 Å². The molecule has 0 aliphatic carbocycles. The highest BCUT2D eigenvalue weighted by Crippen LogP contribution is 2.26. The van der Waals surface area contributed by atoms with Crippen LogP contribution in [0.3, 0.4) is 0 Å². The van der Waals surface area contributed by atoms with Gasteiger partial charge in [-0.2, -0.15) is 5.10 Å². The lowest BCUT2D eigenvalue weighted by Gasteiger charge is -2.12. The Labute approximate surface area is 179 Å². The van der Waals surface area contributed by atoms with E-state index >= 15 is 0 Å². The van der Waals surface area contributed by atoms with Crippen LogP contribution in [0.15, 0.2) is 67.1 Å². The number of benzene rings is 2. The number of pyridine rings is 1. The van der Waals surface area contributed by atoms with Crippen LogP contribution >= 0.6 is 0 Å². The van der Waals surface area contributed by atoms with Gasteiger partial charge in [0.2, 0.25) is 0 Å². The Hall–Kier alpha value is -3.87. The smallest absolute Gasteiger partial charge is 0.303 e. The van der Waals surface area contributed by atoms with Crippen molar-refractivity contribution in [1.82, 2.24) is 14.6 Å². The predicted octanol–water partition coefficient (Wildman–Crippen LogP) is 4.56. The normalized spacial score (nSPS) is 11.9. The van der Waals surface area contributed by atoms with E-state index in [9.17, 15) is 4.79 Å². The summed E-state index contributed by atoms with van der Waals surface area (Å²) >= 11 is 0. The Balaban J connectivity index is 1.54. The van der Waals surface area contributed by atoms with Crippen LogP contribution in [0.25, 0.3) is 16.8 Å². The molecule has 0 spiro atoms. The summed E-state index contributed by atoms with van der Waals surface area (Å²) in [5, 5.41) is 13.3. The van der Waals surface area contributed by atoms with Crippen LogP contribution in [0.4, 0.5) is 0 Å². The molecule has 4 aromatic rings. The summed E-state index contributed by atoms with van der Waals surface area (Å²) in [5.74, 6) is 0.652. The van der Waals surface area contributed by atoms with E-state index in [2.05, 4.69) is 16.1 Å². The zero-order valence-corrected chi connectivity index (χ0v) is 17.4. The average Bonchev–Trinajstić information content (AvgIpc) is 3.26. The number of hydrogen-bond acceptors (Lipinski definition) is 5. The maximum atomic E-state index is 10.9. The van der Waals surface area contributed by atoms with E-state index in [-0.39, 0.29) is 12.3 Å². The van der Waals surface area contributed by atoms with Crippen molar-refractivity contribution >= 4 is 11.6 Å². The fraction of sp³-hybridized carbons (Fsp3) is 0.208. The Kier molecular flexibility index (Phi) is 5.84. The Morgan fingerprint density at radius 1 is 1.06 bits per heavy atom. The molecule has 2 aromatic carbocycles. The van der Waals surface area contributed by atoms with Crippen LogP contribution < -0.4 is 9.47 Å². The van der Waals surface area contributed by atoms with Gasteiger partial charge in [0.15, 0.2) is 5.65 Å². The molecule has 0 aliphatic rings. The minimum absolute atomic E-state index is 0.0525. The number of fused-ring (bicyclic) bond motifs is 1. The molecule has 0 unspecified atom stereocenters. The maximum absolute atomic E-state index is 10.9. The Morgan fingerprint density at radius 3 is 2.45 bits per heavy atom. The molecule has 4 rings (SSSR count). The van der Waals surface area contributed by atoms with Crippen LogP contribution in [0.5, 0.6) is 11.5 Å². The van der Waals surface area contributed by atoms with Gasteiger partial charge < -0.3 is 14.6 Å². The van der Waals surface area contributed by atoms with Crippen LogP contribution in [0, 0.1) is 0 Å². The van der Waals surface area contributed by atoms with E-state index in [1.165, 1.54) is 6.33 Å². The largest absolute Gasteiger partial charge is 0.497 e. The van der Waals surface area contributed by atoms with Crippen molar-refractivity contribution < 1.29 is 19.4 Å². The molecular weight excluding hydrogens is 394 g/mol. The summed E-state index contributed by atoms with van der Waals surface area (Å²) in [7, 11) is 1.64. The number of nitrogens with zero attached hydrogens (tertiary/aromatic N) is 3. The van der Waals surface area contributed by atoms with Crippen LogP contribution in [0.2, 0.25) is 0 Å². The second kappa shape index (κ2) is 8.87. The molecule has 0 saturated heterocycles. The Bertz CT molecular complexity index is 1180. The third-order valence-electron chi connectivity index (χ3n) is 5.20. The van der Waals surface area contributed by atoms with Gasteiger partial charge in [0, 0.05) is 17.3 Å². The van der Waals surface area contributed by atoms with Crippen LogP contribution in [-0.4, -0.2) is 32.8 Å². The number of hydrogen-bond donors (Lipinski definition) is 1. The van der Waals surface area contributed by atoms with Gasteiger partial charge >= 0.3 is 5.97 Å². The molecule has 1 atom stereocenters. The van der Waals surface area contributed by atoms with E-state index in [1.54, 1.807) is 11.6 Å². The summed E-state index contributed by atoms with van der Waals surface area (Å²) < 4.78 is 13.0. The molecule has 1 N–H and O–H groups in total. The van der Waals surface area contributed by atoms with Crippen molar-refractivity contribution in [2.75, 3.05) is 7.11 Å². The molecule has 0 radical (unpaired) electrons. The quantitative estimate of drug-likeness (QED) is 0.452. The van der Waals surface area contributed by atoms with E-state index in [1.807, 2.05) is 61.7 Å². The fourth-order valence-corrected chi connectivity index (χ4v) is 3.48. The van der Waals surface area contributed by atoms with Gasteiger partial charge in [-0.25, -0.2) is 9.50 Å². The first kappa shape index (κ1) is 20.4. The number of carboxylic acid groups (broad SMARTS) is 1. The van der Waals surface area contributed by atoms with Crippen LogP contribution in [0.1, 0.15) is 30.4 Å². The molecule has 158 valence electrons. The lowest BCUT2D eigenvalue weighted by atomic mass is 9.98. The lowest BCUT2D eigenvalue weighted by Crippen LogP contribution is -2.03. The maximum Gasteiger partial charge on any atom is 0.303 e. The minimum Gasteiger partial charge on any atom is -0.497 e. The monoisotopic (exact) mass is 417 g/mol. The summed E-state index contributed by atoms with van der Waals surface area (Å²) in [6, 6.07) is 17.4. The van der Waals surface area contributed by atoms with Crippen molar-refractivity contribution in [3.63, 3.8) is 0 Å². The highest BCUT2D eigenvalue weighted by Gasteiger charge is 2.12. The Morgan fingerprint density at radius 2 is 1.77 bits per heavy atom. The highest BCUT2D eigenvalue weighted by molar-refractivity contribution is 5.68. The van der Waals surface area contributed by atoms with Crippen molar-refractivity contribution in [1.29, 1.82) is 0 Å². The summed E-state index contributed by atoms with van der Waals surface area (Å²) in [4.78, 5) is 15.3. The lowest BCUT2D eigenvalue weighted by molar-refractivity contribution is -0.137. The molecule has 7 nitrogen and oxygen atoms in total. The fourth-order valence-electron chi connectivity index (χ4n) is 3.48. The molecule has 2 aromatic heterocycles. The van der Waals surface area contributed by atoms with Gasteiger partial charge in [0.05, 0.1) is 13.5 Å². The summed E-state index contributed by atoms with van der Waals surface area (Å²) in [6.07, 6.45) is 3.56. The van der Waals surface area contributed by atoms with Crippen molar-refractivity contribution in [2.24, 2.45) is 0 Å². The van der Waals surface area contributed by atoms with E-state index in [0.717, 1.165) is 33.7 Å². The van der Waals surface area contributed by atoms with E-state index in [4.69, 9.17) is 14.6 Å². The van der Waals surface area contributed by atoms with Crippen molar-refractivity contribution in [3.05, 3.63) is 78.2 Å². The molecule has 2 heterocycles. The van der Waals surface area contributed by atoms with Crippen molar-refractivity contribution in [2.45, 2.75) is 25.9 Å². The standard InChI is InChI=1S/C24H23N3O4/c1-16(11-23(28)29)17-3-9-22(10-4-17)31-14-20-12-19(13-27-24(20)25-15-26-27)18-5-7-21(30-2)8-6-18/h3-10,12-13,15-16H,11,14H2,1-2H3,(H,28,29)/t16-/m0/s1. The molecule has 0 fully saturated rings. The zero-order valence-electron chi connectivity index (χ0n) is 17.4. The molecular formula is C24H23N3O4. The highest BCUT2D eigenvalue weighted by atomic mass is 16.5. The first-order chi connectivity index (χ1) is 15.0. The minimum atomic E-state index is -0.804. The third kappa shape index (κ3) is 4.66. The predicted molar refractivity (Wildman–Crippen MR) is 116 cm³/mol. The molecule has 7 heteroatoms. The second-order valence-corrected chi connectivity index (χ2v) is 7.37. The van der Waals surface area contributed by atoms with Gasteiger partial charge in [0.1, 0.15) is 24.4 Å². The van der Waals surface area contributed by atoms with Gasteiger partial charge in [0.25, 0.3) is 0 Å². The summed E-state index contributed by atoms with van der Waals surface area (Å²) in [6.45, 7) is 2.23. The molecule has 0 saturated carbocycles. The number of aromatic nitrogens is 3. The van der Waals surface area contributed by atoms with E-state index < -0.39 is 5.97 Å². The molecule has 0 bridgehead atoms. The molecule has 0 aliphatic heterocycles. The number of ether oxygens (including phenoxy) is 2. The van der Waals surface area contributed by atoms with E-state index in [0.29, 0.717) is 12.4 Å². The first-order valence-electron chi connectivity index (χ1n) is 9.94. The molecule has 0 amide bonds. The zero-order chi connectivity index (χ0) is 21.8. The van der Waals surface area contributed by atoms with Gasteiger partial charge in [-0.1, -0.05) is 31.2 Å². The second-order valence-electron chi connectivity index (χ2n) is 7.37. The number of carboxylic acids is 1. The van der Waals surface area contributed by atoms with Gasteiger partial charge in [-0.05, 0) is 47.4 Å². The van der Waals surface area contributed by atoms with Gasteiger partial charge in [-0.15, -0.1) is 0 Å². The number of methoxy groups -OCH3 is 1. The first-order valence-corrected chi connectivity index (χ1v) is 9.94. The molecule has 31 heavy (non-hydrogen) atoms. The van der Waals surface area contributed by atoms with Gasteiger partial charge in [-0.3, -0.25) is 4.79 Å². The SMILES string of the molecule is COc1ccc(-c2cc(COc3ccc([C@@H](C)CC(=O)O)cc3)c3ncnn3c2)cc1. The third-order valence-corrected chi connectivity index (χ3v) is 5.20. The number of rotatable bonds is 8. The average molecular weight is 417 g/mol. The topological polar surface area (TPSA) is 86.0 Å².